The standard InChI is InChI=1S/C11H8N4OS/c1-2-5-9(6-3-1)15-11(12-13-14-15)17-10-7-4-8-16-10/h1-8H. The molecule has 6 heteroatoms. The Bertz CT molecular complexity index is 591. The highest BCUT2D eigenvalue weighted by Crippen LogP contribution is 2.26. The van der Waals surface area contributed by atoms with Gasteiger partial charge in [0.05, 0.1) is 12.0 Å². The summed E-state index contributed by atoms with van der Waals surface area (Å²) >= 11 is 1.38. The molecule has 0 spiro atoms. The third kappa shape index (κ3) is 2.07. The molecule has 1 aromatic carbocycles. The van der Waals surface area contributed by atoms with Gasteiger partial charge in [-0.3, -0.25) is 0 Å². The smallest absolute Gasteiger partial charge is 0.221 e. The second kappa shape index (κ2) is 4.42. The number of para-hydroxylation sites is 1. The van der Waals surface area contributed by atoms with Gasteiger partial charge in [-0.05, 0) is 46.5 Å². The molecule has 0 aliphatic rings. The molecule has 0 aliphatic heterocycles. The normalized spacial score (nSPS) is 10.6. The lowest BCUT2D eigenvalue weighted by molar-refractivity contribution is 0.473. The van der Waals surface area contributed by atoms with E-state index < -0.39 is 0 Å². The van der Waals surface area contributed by atoms with Crippen LogP contribution in [0.1, 0.15) is 0 Å². The summed E-state index contributed by atoms with van der Waals surface area (Å²) in [5, 5.41) is 13.0. The van der Waals surface area contributed by atoms with Crippen molar-refractivity contribution in [2.45, 2.75) is 10.2 Å². The van der Waals surface area contributed by atoms with Crippen molar-refractivity contribution < 1.29 is 4.42 Å². The largest absolute Gasteiger partial charge is 0.458 e. The van der Waals surface area contributed by atoms with Crippen LogP contribution in [-0.2, 0) is 0 Å². The minimum atomic E-state index is 0.672. The molecule has 0 N–H and O–H groups in total. The Hall–Kier alpha value is -2.08. The molecule has 0 unspecified atom stereocenters. The monoisotopic (exact) mass is 244 g/mol. The molecule has 5 nitrogen and oxygen atoms in total. The van der Waals surface area contributed by atoms with Crippen LogP contribution >= 0.6 is 11.8 Å². The fourth-order valence-electron chi connectivity index (χ4n) is 1.39. The average Bonchev–Trinajstić information content (AvgIpc) is 3.02. The van der Waals surface area contributed by atoms with Gasteiger partial charge in [0.15, 0.2) is 5.09 Å². The molecule has 0 radical (unpaired) electrons. The number of furan rings is 1. The first-order valence-corrected chi connectivity index (χ1v) is 5.80. The molecule has 84 valence electrons. The summed E-state index contributed by atoms with van der Waals surface area (Å²) < 4.78 is 6.93. The van der Waals surface area contributed by atoms with Crippen LogP contribution in [-0.4, -0.2) is 20.2 Å². The zero-order valence-corrected chi connectivity index (χ0v) is 9.54. The molecule has 0 saturated carbocycles. The number of rotatable bonds is 3. The summed E-state index contributed by atoms with van der Waals surface area (Å²) in [5.74, 6) is 0. The van der Waals surface area contributed by atoms with E-state index in [4.69, 9.17) is 4.42 Å². The van der Waals surface area contributed by atoms with Gasteiger partial charge in [0.1, 0.15) is 0 Å². The van der Waals surface area contributed by atoms with Gasteiger partial charge in [-0.2, -0.15) is 4.68 Å². The third-order valence-electron chi connectivity index (χ3n) is 2.13. The van der Waals surface area contributed by atoms with Gasteiger partial charge in [-0.25, -0.2) is 0 Å². The Balaban J connectivity index is 1.95. The molecule has 0 amide bonds. The minimum Gasteiger partial charge on any atom is -0.458 e. The quantitative estimate of drug-likeness (QED) is 0.708. The van der Waals surface area contributed by atoms with E-state index in [1.807, 2.05) is 42.5 Å². The SMILES string of the molecule is c1ccc(-n2nnnc2Sc2ccco2)cc1. The van der Waals surface area contributed by atoms with Crippen molar-refractivity contribution in [2.75, 3.05) is 0 Å². The van der Waals surface area contributed by atoms with Crippen molar-refractivity contribution >= 4 is 11.8 Å². The first-order chi connectivity index (χ1) is 8.43. The Morgan fingerprint density at radius 3 is 2.71 bits per heavy atom. The van der Waals surface area contributed by atoms with Gasteiger partial charge >= 0.3 is 0 Å². The lowest BCUT2D eigenvalue weighted by Crippen LogP contribution is -1.97. The highest BCUT2D eigenvalue weighted by Gasteiger charge is 2.10. The van der Waals surface area contributed by atoms with Crippen LogP contribution in [0.3, 0.4) is 0 Å². The van der Waals surface area contributed by atoms with Crippen LogP contribution in [0.15, 0.2) is 63.4 Å². The van der Waals surface area contributed by atoms with Crippen LogP contribution in [0.4, 0.5) is 0 Å². The van der Waals surface area contributed by atoms with Crippen LogP contribution in [0.25, 0.3) is 5.69 Å². The minimum absolute atomic E-state index is 0.672. The maximum absolute atomic E-state index is 5.25. The molecule has 2 aromatic heterocycles. The van der Waals surface area contributed by atoms with Gasteiger partial charge in [-0.1, -0.05) is 18.2 Å². The average molecular weight is 244 g/mol. The van der Waals surface area contributed by atoms with E-state index in [1.165, 1.54) is 11.8 Å². The first-order valence-electron chi connectivity index (χ1n) is 4.98. The molecular formula is C11H8N4OS. The van der Waals surface area contributed by atoms with E-state index in [0.717, 1.165) is 10.8 Å². The van der Waals surface area contributed by atoms with Crippen molar-refractivity contribution in [3.05, 3.63) is 48.7 Å². The molecule has 3 aromatic rings. The number of hydrogen-bond donors (Lipinski definition) is 0. The maximum Gasteiger partial charge on any atom is 0.221 e. The van der Waals surface area contributed by atoms with Crippen molar-refractivity contribution in [1.82, 2.24) is 20.2 Å². The van der Waals surface area contributed by atoms with E-state index in [-0.39, 0.29) is 0 Å². The number of hydrogen-bond acceptors (Lipinski definition) is 5. The predicted octanol–water partition coefficient (Wildman–Crippen LogP) is 2.41. The van der Waals surface area contributed by atoms with E-state index in [2.05, 4.69) is 15.5 Å². The Morgan fingerprint density at radius 1 is 1.06 bits per heavy atom. The molecular weight excluding hydrogens is 236 g/mol. The van der Waals surface area contributed by atoms with Crippen molar-refractivity contribution in [2.24, 2.45) is 0 Å². The zero-order chi connectivity index (χ0) is 11.5. The first kappa shape index (κ1) is 10.1. The van der Waals surface area contributed by atoms with Crippen LogP contribution in [0, 0.1) is 0 Å². The number of aromatic nitrogens is 4. The maximum atomic E-state index is 5.25. The molecule has 0 saturated heterocycles. The summed E-state index contributed by atoms with van der Waals surface area (Å²) in [6.45, 7) is 0. The zero-order valence-electron chi connectivity index (χ0n) is 8.72. The van der Waals surface area contributed by atoms with Crippen molar-refractivity contribution in [3.63, 3.8) is 0 Å². The van der Waals surface area contributed by atoms with Crippen molar-refractivity contribution in [3.8, 4) is 5.69 Å². The Morgan fingerprint density at radius 2 is 1.94 bits per heavy atom. The van der Waals surface area contributed by atoms with E-state index in [1.54, 1.807) is 10.9 Å². The van der Waals surface area contributed by atoms with Gasteiger partial charge in [-0.15, -0.1) is 5.10 Å². The number of benzene rings is 1. The summed E-state index contributed by atoms with van der Waals surface area (Å²) in [6, 6.07) is 13.4. The highest BCUT2D eigenvalue weighted by molar-refractivity contribution is 7.99. The van der Waals surface area contributed by atoms with Gasteiger partial charge in [0.25, 0.3) is 0 Å². The Kier molecular flexibility index (Phi) is 2.63. The van der Waals surface area contributed by atoms with E-state index >= 15 is 0 Å². The molecule has 0 bridgehead atoms. The molecule has 0 aliphatic carbocycles. The summed E-state index contributed by atoms with van der Waals surface area (Å²) in [7, 11) is 0. The topological polar surface area (TPSA) is 56.7 Å². The van der Waals surface area contributed by atoms with Crippen LogP contribution < -0.4 is 0 Å². The summed E-state index contributed by atoms with van der Waals surface area (Å²) in [4.78, 5) is 0. The summed E-state index contributed by atoms with van der Waals surface area (Å²) in [6.07, 6.45) is 1.62. The fourth-order valence-corrected chi connectivity index (χ4v) is 2.12. The van der Waals surface area contributed by atoms with Crippen LogP contribution in [0.5, 0.6) is 0 Å². The van der Waals surface area contributed by atoms with E-state index in [0.29, 0.717) is 5.16 Å². The molecule has 3 rings (SSSR count). The fraction of sp³-hybridized carbons (Fsp3) is 0. The number of nitrogens with zero attached hydrogens (tertiary/aromatic N) is 4. The molecule has 0 atom stereocenters. The van der Waals surface area contributed by atoms with E-state index in [9.17, 15) is 0 Å². The molecule has 0 fully saturated rings. The Labute approximate surface area is 101 Å². The second-order valence-electron chi connectivity index (χ2n) is 3.24. The van der Waals surface area contributed by atoms with Crippen LogP contribution in [0.2, 0.25) is 0 Å². The second-order valence-corrected chi connectivity index (χ2v) is 4.21. The highest BCUT2D eigenvalue weighted by atomic mass is 32.2. The predicted molar refractivity (Wildman–Crippen MR) is 62.0 cm³/mol. The van der Waals surface area contributed by atoms with Gasteiger partial charge in [0, 0.05) is 0 Å². The molecule has 17 heavy (non-hydrogen) atoms. The lowest BCUT2D eigenvalue weighted by atomic mass is 10.3. The summed E-state index contributed by atoms with van der Waals surface area (Å²) in [5.41, 5.74) is 0.923. The number of tetrazole rings is 1. The van der Waals surface area contributed by atoms with Gasteiger partial charge in [0.2, 0.25) is 5.16 Å². The molecule has 2 heterocycles. The van der Waals surface area contributed by atoms with Gasteiger partial charge < -0.3 is 4.42 Å². The van der Waals surface area contributed by atoms with Crippen molar-refractivity contribution in [1.29, 1.82) is 0 Å². The lowest BCUT2D eigenvalue weighted by Gasteiger charge is -2.01. The third-order valence-corrected chi connectivity index (χ3v) is 3.00.